The summed E-state index contributed by atoms with van der Waals surface area (Å²) in [7, 11) is 0. The fraction of sp³-hybridized carbons (Fsp3) is 0.667. The molecule has 1 aromatic heterocycles. The average Bonchev–Trinajstić information content (AvgIpc) is 2.50. The highest BCUT2D eigenvalue weighted by Crippen LogP contribution is 2.34. The van der Waals surface area contributed by atoms with E-state index in [2.05, 4.69) is 4.98 Å². The highest BCUT2D eigenvalue weighted by Gasteiger charge is 2.44. The molecule has 0 aliphatic rings. The lowest BCUT2D eigenvalue weighted by atomic mass is 10.1. The Bertz CT molecular complexity index is 319. The number of hydrogen-bond donors (Lipinski definition) is 1. The zero-order valence-corrected chi connectivity index (χ0v) is 8.62. The highest BCUT2D eigenvalue weighted by molar-refractivity contribution is 4.97. The molecule has 1 rings (SSSR count). The van der Waals surface area contributed by atoms with Crippen LogP contribution in [0.1, 0.15) is 25.2 Å². The summed E-state index contributed by atoms with van der Waals surface area (Å²) in [6, 6.07) is -2.64. The Hall–Kier alpha value is -1.04. The van der Waals surface area contributed by atoms with E-state index in [4.69, 9.17) is 5.73 Å². The Kier molecular flexibility index (Phi) is 3.38. The number of aryl methyl sites for hydroxylation is 1. The summed E-state index contributed by atoms with van der Waals surface area (Å²) in [5.74, 6) is 0.321. The average molecular weight is 221 g/mol. The lowest BCUT2D eigenvalue weighted by Gasteiger charge is -2.27. The summed E-state index contributed by atoms with van der Waals surface area (Å²) in [5, 5.41) is 0. The maximum atomic E-state index is 12.8. The number of alkyl halides is 3. The molecule has 0 bridgehead atoms. The first-order chi connectivity index (χ1) is 6.88. The molecule has 1 aromatic rings. The van der Waals surface area contributed by atoms with E-state index in [-0.39, 0.29) is 6.42 Å². The fourth-order valence-electron chi connectivity index (χ4n) is 1.51. The van der Waals surface area contributed by atoms with Gasteiger partial charge in [-0.1, -0.05) is 6.92 Å². The van der Waals surface area contributed by atoms with Crippen molar-refractivity contribution in [3.63, 3.8) is 0 Å². The molecule has 0 fully saturated rings. The van der Waals surface area contributed by atoms with Crippen molar-refractivity contribution in [2.75, 3.05) is 0 Å². The number of imidazole rings is 1. The second kappa shape index (κ2) is 4.22. The molecule has 2 unspecified atom stereocenters. The smallest absolute Gasteiger partial charge is 0.326 e. The maximum absolute atomic E-state index is 12.8. The summed E-state index contributed by atoms with van der Waals surface area (Å²) in [5.41, 5.74) is 5.49. The van der Waals surface area contributed by atoms with E-state index in [0.717, 1.165) is 4.57 Å². The van der Waals surface area contributed by atoms with Gasteiger partial charge in [0.05, 0.1) is 0 Å². The number of aromatic nitrogens is 2. The van der Waals surface area contributed by atoms with Gasteiger partial charge < -0.3 is 10.3 Å². The van der Waals surface area contributed by atoms with Gasteiger partial charge in [-0.2, -0.15) is 13.2 Å². The van der Waals surface area contributed by atoms with E-state index in [0.29, 0.717) is 5.82 Å². The molecular formula is C9H14F3N3. The van der Waals surface area contributed by atoms with E-state index >= 15 is 0 Å². The molecule has 0 aromatic carbocycles. The van der Waals surface area contributed by atoms with E-state index in [9.17, 15) is 13.2 Å². The van der Waals surface area contributed by atoms with Crippen LogP contribution in [-0.4, -0.2) is 21.8 Å². The summed E-state index contributed by atoms with van der Waals surface area (Å²) < 4.78 is 39.4. The van der Waals surface area contributed by atoms with Crippen molar-refractivity contribution >= 4 is 0 Å². The van der Waals surface area contributed by atoms with Gasteiger partial charge in [-0.25, -0.2) is 4.98 Å². The SMILES string of the molecule is CCC(N)C(n1ccnc1C)C(F)(F)F. The molecule has 0 saturated carbocycles. The monoisotopic (exact) mass is 221 g/mol. The van der Waals surface area contributed by atoms with Crippen molar-refractivity contribution in [1.29, 1.82) is 0 Å². The van der Waals surface area contributed by atoms with Crippen LogP contribution in [0.25, 0.3) is 0 Å². The van der Waals surface area contributed by atoms with Gasteiger partial charge in [0.2, 0.25) is 0 Å². The predicted molar refractivity (Wildman–Crippen MR) is 50.3 cm³/mol. The first-order valence-corrected chi connectivity index (χ1v) is 4.69. The first-order valence-electron chi connectivity index (χ1n) is 4.69. The molecule has 1 heterocycles. The van der Waals surface area contributed by atoms with Gasteiger partial charge in [-0.05, 0) is 13.3 Å². The normalized spacial score (nSPS) is 16.4. The summed E-state index contributed by atoms with van der Waals surface area (Å²) in [6.45, 7) is 3.16. The molecular weight excluding hydrogens is 207 g/mol. The van der Waals surface area contributed by atoms with Crippen LogP contribution >= 0.6 is 0 Å². The summed E-state index contributed by atoms with van der Waals surface area (Å²) in [6.07, 6.45) is -1.43. The van der Waals surface area contributed by atoms with E-state index in [1.807, 2.05) is 0 Å². The largest absolute Gasteiger partial charge is 0.410 e. The third kappa shape index (κ3) is 2.50. The molecule has 3 nitrogen and oxygen atoms in total. The van der Waals surface area contributed by atoms with Gasteiger partial charge in [-0.15, -0.1) is 0 Å². The van der Waals surface area contributed by atoms with Crippen molar-refractivity contribution in [3.8, 4) is 0 Å². The Morgan fingerprint density at radius 1 is 1.53 bits per heavy atom. The molecule has 6 heteroatoms. The van der Waals surface area contributed by atoms with Gasteiger partial charge in [0.15, 0.2) is 0 Å². The van der Waals surface area contributed by atoms with E-state index in [1.54, 1.807) is 6.92 Å². The van der Waals surface area contributed by atoms with Gasteiger partial charge in [0.25, 0.3) is 0 Å². The summed E-state index contributed by atoms with van der Waals surface area (Å²) in [4.78, 5) is 3.78. The number of nitrogens with two attached hydrogens (primary N) is 1. The molecule has 0 aliphatic heterocycles. The zero-order chi connectivity index (χ0) is 11.6. The molecule has 86 valence electrons. The molecule has 0 radical (unpaired) electrons. The summed E-state index contributed by atoms with van der Waals surface area (Å²) >= 11 is 0. The number of halogens is 3. The van der Waals surface area contributed by atoms with Gasteiger partial charge in [0, 0.05) is 18.4 Å². The molecule has 2 N–H and O–H groups in total. The minimum absolute atomic E-state index is 0.266. The molecule has 15 heavy (non-hydrogen) atoms. The van der Waals surface area contributed by atoms with Gasteiger partial charge in [0.1, 0.15) is 11.9 Å². The van der Waals surface area contributed by atoms with E-state index < -0.39 is 18.3 Å². The van der Waals surface area contributed by atoms with Gasteiger partial charge in [-0.3, -0.25) is 0 Å². The van der Waals surface area contributed by atoms with Crippen molar-refractivity contribution in [2.45, 2.75) is 38.5 Å². The Morgan fingerprint density at radius 3 is 2.47 bits per heavy atom. The zero-order valence-electron chi connectivity index (χ0n) is 8.62. The second-order valence-electron chi connectivity index (χ2n) is 3.44. The topological polar surface area (TPSA) is 43.8 Å². The first kappa shape index (κ1) is 12.0. The molecule has 0 spiro atoms. The standard InChI is InChI=1S/C9H14F3N3/c1-3-7(13)8(9(10,11)12)15-5-4-14-6(15)2/h4-5,7-8H,3,13H2,1-2H3. The second-order valence-corrected chi connectivity index (χ2v) is 3.44. The third-order valence-electron chi connectivity index (χ3n) is 2.37. The van der Waals surface area contributed by atoms with Crippen molar-refractivity contribution in [3.05, 3.63) is 18.2 Å². The molecule has 0 amide bonds. The Labute approximate surface area is 86.1 Å². The number of nitrogens with zero attached hydrogens (tertiary/aromatic N) is 2. The van der Waals surface area contributed by atoms with Crippen molar-refractivity contribution in [1.82, 2.24) is 9.55 Å². The van der Waals surface area contributed by atoms with Crippen molar-refractivity contribution < 1.29 is 13.2 Å². The van der Waals surface area contributed by atoms with Crippen LogP contribution < -0.4 is 5.73 Å². The third-order valence-corrected chi connectivity index (χ3v) is 2.37. The van der Waals surface area contributed by atoms with Crippen LogP contribution in [0.3, 0.4) is 0 Å². The maximum Gasteiger partial charge on any atom is 0.410 e. The number of hydrogen-bond acceptors (Lipinski definition) is 2. The predicted octanol–water partition coefficient (Wildman–Crippen LogP) is 2.03. The van der Waals surface area contributed by atoms with Crippen LogP contribution in [0.5, 0.6) is 0 Å². The fourth-order valence-corrected chi connectivity index (χ4v) is 1.51. The van der Waals surface area contributed by atoms with Crippen LogP contribution in [0, 0.1) is 6.92 Å². The lowest BCUT2D eigenvalue weighted by molar-refractivity contribution is -0.173. The quantitative estimate of drug-likeness (QED) is 0.848. The van der Waals surface area contributed by atoms with E-state index in [1.165, 1.54) is 19.3 Å². The van der Waals surface area contributed by atoms with Crippen LogP contribution in [0.4, 0.5) is 13.2 Å². The highest BCUT2D eigenvalue weighted by atomic mass is 19.4. The number of rotatable bonds is 3. The molecule has 0 aliphatic carbocycles. The Balaban J connectivity index is 3.08. The van der Waals surface area contributed by atoms with Gasteiger partial charge >= 0.3 is 6.18 Å². The van der Waals surface area contributed by atoms with Crippen molar-refractivity contribution in [2.24, 2.45) is 5.73 Å². The molecule has 0 saturated heterocycles. The minimum Gasteiger partial charge on any atom is -0.326 e. The lowest BCUT2D eigenvalue weighted by Crippen LogP contribution is -2.41. The molecule has 2 atom stereocenters. The van der Waals surface area contributed by atoms with Crippen LogP contribution in [0.2, 0.25) is 0 Å². The van der Waals surface area contributed by atoms with Crippen LogP contribution in [-0.2, 0) is 0 Å². The van der Waals surface area contributed by atoms with Crippen LogP contribution in [0.15, 0.2) is 12.4 Å². The minimum atomic E-state index is -4.35. The Morgan fingerprint density at radius 2 is 2.13 bits per heavy atom.